The van der Waals surface area contributed by atoms with E-state index in [9.17, 15) is 0 Å². The molecule has 16 heavy (non-hydrogen) atoms. The van der Waals surface area contributed by atoms with Crippen molar-refractivity contribution in [1.29, 1.82) is 0 Å². The van der Waals surface area contributed by atoms with E-state index < -0.39 is 8.32 Å². The topological polar surface area (TPSA) is 27.7 Å². The van der Waals surface area contributed by atoms with Gasteiger partial charge in [-0.05, 0) is 31.8 Å². The number of methoxy groups -OCH3 is 1. The van der Waals surface area contributed by atoms with Crippen LogP contribution in [0.25, 0.3) is 0 Å². The lowest BCUT2D eigenvalue weighted by atomic mass is 10.3. The van der Waals surface area contributed by atoms with E-state index in [2.05, 4.69) is 19.6 Å². The molecule has 0 radical (unpaired) electrons. The molecule has 0 fully saturated rings. The van der Waals surface area contributed by atoms with Crippen molar-refractivity contribution in [3.63, 3.8) is 0 Å². The van der Waals surface area contributed by atoms with Crippen molar-refractivity contribution < 1.29 is 13.9 Å². The SMILES string of the molecule is CO/C=C(\Oc1ccccc1)O[Si](C)(C)C. The third kappa shape index (κ3) is 4.88. The lowest BCUT2D eigenvalue weighted by molar-refractivity contribution is 0.188. The minimum Gasteiger partial charge on any atom is -0.517 e. The summed E-state index contributed by atoms with van der Waals surface area (Å²) in [6, 6.07) is 9.50. The van der Waals surface area contributed by atoms with Crippen molar-refractivity contribution in [2.75, 3.05) is 7.11 Å². The molecule has 4 heteroatoms. The number of para-hydroxylation sites is 1. The number of benzene rings is 1. The second kappa shape index (κ2) is 5.60. The first-order chi connectivity index (χ1) is 7.51. The highest BCUT2D eigenvalue weighted by Crippen LogP contribution is 2.17. The summed E-state index contributed by atoms with van der Waals surface area (Å²) in [6.07, 6.45) is 1.48. The molecule has 0 atom stereocenters. The van der Waals surface area contributed by atoms with Crippen molar-refractivity contribution in [2.45, 2.75) is 19.6 Å². The molecule has 0 unspecified atom stereocenters. The molecule has 0 bridgehead atoms. The Balaban J connectivity index is 2.70. The van der Waals surface area contributed by atoms with E-state index in [1.165, 1.54) is 6.26 Å². The zero-order valence-electron chi connectivity index (χ0n) is 10.2. The van der Waals surface area contributed by atoms with Gasteiger partial charge in [0.25, 0.3) is 0 Å². The van der Waals surface area contributed by atoms with E-state index in [1.54, 1.807) is 7.11 Å². The van der Waals surface area contributed by atoms with Gasteiger partial charge in [0.2, 0.25) is 8.32 Å². The lowest BCUT2D eigenvalue weighted by Gasteiger charge is -2.20. The molecule has 0 saturated carbocycles. The van der Waals surface area contributed by atoms with Crippen LogP contribution in [0.1, 0.15) is 0 Å². The predicted octanol–water partition coefficient (Wildman–Crippen LogP) is 3.36. The van der Waals surface area contributed by atoms with E-state index in [1.807, 2.05) is 30.3 Å². The molecular formula is C12H18O3Si. The summed E-state index contributed by atoms with van der Waals surface area (Å²) in [6.45, 7) is 6.26. The van der Waals surface area contributed by atoms with Gasteiger partial charge in [-0.1, -0.05) is 18.2 Å². The summed E-state index contributed by atoms with van der Waals surface area (Å²) in [5.74, 6) is 1.15. The van der Waals surface area contributed by atoms with Crippen LogP contribution in [0.3, 0.4) is 0 Å². The fourth-order valence-corrected chi connectivity index (χ4v) is 1.76. The summed E-state index contributed by atoms with van der Waals surface area (Å²) >= 11 is 0. The summed E-state index contributed by atoms with van der Waals surface area (Å²) in [5, 5.41) is 0. The standard InChI is InChI=1S/C12H18O3Si/c1-13-10-12(15-16(2,3)4)14-11-8-6-5-7-9-11/h5-10H,1-4H3/b12-10+. The maximum atomic E-state index is 5.73. The number of rotatable bonds is 5. The van der Waals surface area contributed by atoms with Gasteiger partial charge in [-0.15, -0.1) is 0 Å². The van der Waals surface area contributed by atoms with E-state index in [-0.39, 0.29) is 0 Å². The average molecular weight is 238 g/mol. The Morgan fingerprint density at radius 1 is 1.12 bits per heavy atom. The molecule has 0 heterocycles. The Kier molecular flexibility index (Phi) is 4.43. The molecule has 0 spiro atoms. The zero-order chi connectivity index (χ0) is 12.0. The highest BCUT2D eigenvalue weighted by atomic mass is 28.4. The summed E-state index contributed by atoms with van der Waals surface area (Å²) in [5.41, 5.74) is 0. The molecule has 1 rings (SSSR count). The van der Waals surface area contributed by atoms with Crippen molar-refractivity contribution >= 4 is 8.32 Å². The Morgan fingerprint density at radius 3 is 2.25 bits per heavy atom. The van der Waals surface area contributed by atoms with Gasteiger partial charge in [-0.2, -0.15) is 0 Å². The molecular weight excluding hydrogens is 220 g/mol. The van der Waals surface area contributed by atoms with Gasteiger partial charge in [0.05, 0.1) is 7.11 Å². The Bertz CT molecular complexity index is 341. The number of hydrogen-bond acceptors (Lipinski definition) is 3. The Hall–Kier alpha value is -1.42. The first-order valence-electron chi connectivity index (χ1n) is 5.16. The Morgan fingerprint density at radius 2 is 1.75 bits per heavy atom. The van der Waals surface area contributed by atoms with Crippen molar-refractivity contribution in [1.82, 2.24) is 0 Å². The minimum atomic E-state index is -1.68. The van der Waals surface area contributed by atoms with E-state index in [4.69, 9.17) is 13.9 Å². The molecule has 3 nitrogen and oxygen atoms in total. The Labute approximate surface area is 97.8 Å². The molecule has 1 aromatic rings. The maximum absolute atomic E-state index is 5.73. The van der Waals surface area contributed by atoms with Gasteiger partial charge in [-0.25, -0.2) is 0 Å². The first kappa shape index (κ1) is 12.6. The molecule has 1 aromatic carbocycles. The normalized spacial score (nSPS) is 12.1. The fraction of sp³-hybridized carbons (Fsp3) is 0.333. The monoisotopic (exact) mass is 238 g/mol. The van der Waals surface area contributed by atoms with Gasteiger partial charge in [0.1, 0.15) is 5.75 Å². The average Bonchev–Trinajstić information content (AvgIpc) is 2.17. The van der Waals surface area contributed by atoms with Crippen LogP contribution < -0.4 is 4.74 Å². The second-order valence-electron chi connectivity index (χ2n) is 4.30. The minimum absolute atomic E-state index is 0.410. The predicted molar refractivity (Wildman–Crippen MR) is 66.6 cm³/mol. The van der Waals surface area contributed by atoms with Crippen LogP contribution in [-0.4, -0.2) is 15.4 Å². The summed E-state index contributed by atoms with van der Waals surface area (Å²) < 4.78 is 16.2. The van der Waals surface area contributed by atoms with Crippen LogP contribution in [0.4, 0.5) is 0 Å². The molecule has 0 aliphatic carbocycles. The van der Waals surface area contributed by atoms with Crippen LogP contribution >= 0.6 is 0 Å². The molecule has 0 N–H and O–H groups in total. The fourth-order valence-electron chi connectivity index (χ4n) is 1.07. The van der Waals surface area contributed by atoms with Gasteiger partial charge in [-0.3, -0.25) is 0 Å². The highest BCUT2D eigenvalue weighted by Gasteiger charge is 2.19. The summed E-state index contributed by atoms with van der Waals surface area (Å²) in [4.78, 5) is 0. The smallest absolute Gasteiger partial charge is 0.307 e. The van der Waals surface area contributed by atoms with E-state index in [0.717, 1.165) is 5.75 Å². The van der Waals surface area contributed by atoms with Crippen LogP contribution in [0.2, 0.25) is 19.6 Å². The molecule has 0 amide bonds. The molecule has 0 aliphatic heterocycles. The summed E-state index contributed by atoms with van der Waals surface area (Å²) in [7, 11) is -0.113. The third-order valence-electron chi connectivity index (χ3n) is 1.58. The second-order valence-corrected chi connectivity index (χ2v) is 8.73. The third-order valence-corrected chi connectivity index (χ3v) is 2.40. The number of ether oxygens (including phenoxy) is 2. The van der Waals surface area contributed by atoms with Gasteiger partial charge in [0.15, 0.2) is 6.26 Å². The van der Waals surface area contributed by atoms with Crippen LogP contribution in [0, 0.1) is 0 Å². The van der Waals surface area contributed by atoms with Gasteiger partial charge < -0.3 is 13.9 Å². The first-order valence-corrected chi connectivity index (χ1v) is 8.57. The van der Waals surface area contributed by atoms with Crippen molar-refractivity contribution in [3.05, 3.63) is 42.5 Å². The molecule has 0 aliphatic rings. The van der Waals surface area contributed by atoms with Crippen LogP contribution in [-0.2, 0) is 9.16 Å². The lowest BCUT2D eigenvalue weighted by Crippen LogP contribution is -2.26. The van der Waals surface area contributed by atoms with Gasteiger partial charge in [0, 0.05) is 0 Å². The highest BCUT2D eigenvalue weighted by molar-refractivity contribution is 6.70. The quantitative estimate of drug-likeness (QED) is 0.581. The number of hydrogen-bond donors (Lipinski definition) is 0. The van der Waals surface area contributed by atoms with Crippen molar-refractivity contribution in [2.24, 2.45) is 0 Å². The van der Waals surface area contributed by atoms with Gasteiger partial charge >= 0.3 is 5.95 Å². The maximum Gasteiger partial charge on any atom is 0.307 e. The van der Waals surface area contributed by atoms with Crippen molar-refractivity contribution in [3.8, 4) is 5.75 Å². The van der Waals surface area contributed by atoms with E-state index in [0.29, 0.717) is 5.95 Å². The molecule has 0 saturated heterocycles. The van der Waals surface area contributed by atoms with E-state index >= 15 is 0 Å². The van der Waals surface area contributed by atoms with Crippen LogP contribution in [0.5, 0.6) is 5.75 Å². The largest absolute Gasteiger partial charge is 0.517 e. The van der Waals surface area contributed by atoms with Crippen LogP contribution in [0.15, 0.2) is 42.5 Å². The molecule has 0 aromatic heterocycles. The zero-order valence-corrected chi connectivity index (χ0v) is 11.2. The molecule has 88 valence electrons.